The Morgan fingerprint density at radius 3 is 2.30 bits per heavy atom. The Morgan fingerprint density at radius 2 is 1.62 bits per heavy atom. The van der Waals surface area contributed by atoms with Crippen molar-refractivity contribution in [3.63, 3.8) is 0 Å². The predicted molar refractivity (Wildman–Crippen MR) is 193 cm³/mol. The number of unbranched alkanes of at least 4 members (excludes halogenated alkanes) is 5. The van der Waals surface area contributed by atoms with Gasteiger partial charge in [-0.1, -0.05) is 81.0 Å². The summed E-state index contributed by atoms with van der Waals surface area (Å²) in [5, 5.41) is 58.0. The fourth-order valence-electron chi connectivity index (χ4n) is 5.31. The Kier molecular flexibility index (Phi) is 13.5. The van der Waals surface area contributed by atoms with E-state index in [0.29, 0.717) is 35.6 Å². The van der Waals surface area contributed by atoms with Gasteiger partial charge in [0, 0.05) is 31.4 Å². The first-order valence-corrected chi connectivity index (χ1v) is 16.7. The van der Waals surface area contributed by atoms with E-state index in [1.807, 2.05) is 36.4 Å². The topological polar surface area (TPSA) is 182 Å². The molecule has 0 atom stereocenters. The van der Waals surface area contributed by atoms with Gasteiger partial charge in [-0.3, -0.25) is 0 Å². The third-order valence-corrected chi connectivity index (χ3v) is 8.23. The molecule has 0 unspecified atom stereocenters. The summed E-state index contributed by atoms with van der Waals surface area (Å²) in [6, 6.07) is 25.1. The van der Waals surface area contributed by atoms with Crippen molar-refractivity contribution in [2.24, 2.45) is 10.2 Å². The van der Waals surface area contributed by atoms with Crippen molar-refractivity contribution in [3.8, 4) is 41.2 Å². The Morgan fingerprint density at radius 1 is 0.900 bits per heavy atom. The second-order valence-corrected chi connectivity index (χ2v) is 11.7. The quantitative estimate of drug-likeness (QED) is 0.0923. The maximum absolute atomic E-state index is 12.5. The van der Waals surface area contributed by atoms with Crippen molar-refractivity contribution in [2.75, 3.05) is 30.4 Å². The fourth-order valence-corrected chi connectivity index (χ4v) is 5.56. The molecule has 252 valence electrons. The van der Waals surface area contributed by atoms with Crippen molar-refractivity contribution in [3.05, 3.63) is 82.4 Å². The van der Waals surface area contributed by atoms with E-state index in [2.05, 4.69) is 49.9 Å². The van der Waals surface area contributed by atoms with Crippen LogP contribution in [0.3, 0.4) is 0 Å². The molecule has 0 saturated carbocycles. The van der Waals surface area contributed by atoms with Gasteiger partial charge in [-0.25, -0.2) is 9.48 Å². The molecular weight excluding hydrogens is 650 g/mol. The van der Waals surface area contributed by atoms with Gasteiger partial charge in [-0.05, 0) is 36.8 Å². The highest BCUT2D eigenvalue weighted by Gasteiger charge is 2.23. The molecule has 2 amide bonds. The van der Waals surface area contributed by atoms with Gasteiger partial charge < -0.3 is 15.5 Å². The highest BCUT2D eigenvalue weighted by atomic mass is 35.5. The molecule has 12 nitrogen and oxygen atoms in total. The number of nitrogens with zero attached hydrogens (tertiary/aromatic N) is 9. The van der Waals surface area contributed by atoms with Gasteiger partial charge in [0.05, 0.1) is 40.0 Å². The van der Waals surface area contributed by atoms with E-state index in [-0.39, 0.29) is 33.2 Å². The summed E-state index contributed by atoms with van der Waals surface area (Å²) in [6.45, 7) is 3.46. The first-order chi connectivity index (χ1) is 24.4. The normalized spacial score (nSPS) is 10.5. The minimum absolute atomic E-state index is 0.0236. The number of hydrogen-bond donors (Lipinski definition) is 2. The molecule has 0 bridgehead atoms. The van der Waals surface area contributed by atoms with Crippen LogP contribution in [-0.2, 0) is 0 Å². The number of rotatable bonds is 15. The van der Waals surface area contributed by atoms with Crippen LogP contribution in [0.1, 0.15) is 68.6 Å². The average Bonchev–Trinajstić information content (AvgIpc) is 3.51. The zero-order valence-electron chi connectivity index (χ0n) is 27.9. The van der Waals surface area contributed by atoms with Gasteiger partial charge in [0.2, 0.25) is 0 Å². The molecule has 50 heavy (non-hydrogen) atoms. The average molecular weight is 686 g/mol. The minimum Gasteiger partial charge on any atom is -0.370 e. The van der Waals surface area contributed by atoms with Gasteiger partial charge in [-0.2, -0.15) is 26.1 Å². The molecule has 1 aromatic heterocycles. The molecule has 0 spiro atoms. The lowest BCUT2D eigenvalue weighted by atomic mass is 10.1. The highest BCUT2D eigenvalue weighted by molar-refractivity contribution is 6.32. The monoisotopic (exact) mass is 685 g/mol. The summed E-state index contributed by atoms with van der Waals surface area (Å²) in [4.78, 5) is 14.7. The third kappa shape index (κ3) is 9.02. The van der Waals surface area contributed by atoms with Gasteiger partial charge in [0.1, 0.15) is 35.2 Å². The maximum atomic E-state index is 12.5. The number of aromatic nitrogens is 2. The standard InChI is InChI=1S/C37H36ClN11O/c1-3-4-5-6-7-11-18-48(19-12-17-39)29-15-16-32(33(22-29)44-37(50)43-2)45-46-36-30(25-42)35(26-13-9-8-10-14-26)47-49(36)34-21-28(24-41)27(23-40)20-31(34)38/h8-10,13-16,20-22H,3-7,11-12,18-19H2,1-2H3,(H2,43,44,50). The lowest BCUT2D eigenvalue weighted by Crippen LogP contribution is -2.27. The molecule has 4 aromatic rings. The zero-order chi connectivity index (χ0) is 35.9. The van der Waals surface area contributed by atoms with Crippen LogP contribution in [0.4, 0.5) is 27.7 Å². The lowest BCUT2D eigenvalue weighted by molar-refractivity contribution is 0.254. The zero-order valence-corrected chi connectivity index (χ0v) is 28.7. The van der Waals surface area contributed by atoms with E-state index in [4.69, 9.17) is 11.6 Å². The second-order valence-electron chi connectivity index (χ2n) is 11.3. The number of carbonyl (C=O) groups excluding carboxylic acids is 1. The lowest BCUT2D eigenvalue weighted by Gasteiger charge is -2.25. The SMILES string of the molecule is CCCCCCCCN(CCC#N)c1ccc(N=Nc2c(C#N)c(-c3ccccc3)nn2-c2cc(C#N)c(C#N)cc2Cl)c(NC(=O)NC)c1. The van der Waals surface area contributed by atoms with Crippen molar-refractivity contribution < 1.29 is 4.79 Å². The molecule has 0 aliphatic heterocycles. The summed E-state index contributed by atoms with van der Waals surface area (Å²) < 4.78 is 1.32. The van der Waals surface area contributed by atoms with E-state index in [0.717, 1.165) is 31.5 Å². The molecule has 1 heterocycles. The van der Waals surface area contributed by atoms with E-state index < -0.39 is 6.03 Å². The summed E-state index contributed by atoms with van der Waals surface area (Å²) in [5.41, 5.74) is 2.87. The second kappa shape index (κ2) is 18.4. The molecule has 13 heteroatoms. The predicted octanol–water partition coefficient (Wildman–Crippen LogP) is 9.06. The van der Waals surface area contributed by atoms with Crippen LogP contribution >= 0.6 is 11.6 Å². The van der Waals surface area contributed by atoms with Crippen LogP contribution in [0.25, 0.3) is 16.9 Å². The van der Waals surface area contributed by atoms with Crippen LogP contribution in [0.15, 0.2) is 70.9 Å². The Bertz CT molecular complexity index is 2010. The van der Waals surface area contributed by atoms with Crippen LogP contribution in [0, 0.1) is 45.3 Å². The van der Waals surface area contributed by atoms with Crippen molar-refractivity contribution in [1.82, 2.24) is 15.1 Å². The first kappa shape index (κ1) is 36.6. The number of carbonyl (C=O) groups is 1. The summed E-state index contributed by atoms with van der Waals surface area (Å²) >= 11 is 6.61. The number of nitrogens with one attached hydrogen (secondary N) is 2. The van der Waals surface area contributed by atoms with Crippen LogP contribution in [0.5, 0.6) is 0 Å². The number of halogens is 1. The number of nitriles is 4. The fraction of sp³-hybridized carbons (Fsp3) is 0.297. The van der Waals surface area contributed by atoms with E-state index in [9.17, 15) is 25.8 Å². The Balaban J connectivity index is 1.81. The molecule has 0 fully saturated rings. The maximum Gasteiger partial charge on any atom is 0.319 e. The summed E-state index contributed by atoms with van der Waals surface area (Å²) in [7, 11) is 1.50. The molecule has 0 radical (unpaired) electrons. The van der Waals surface area contributed by atoms with E-state index in [1.165, 1.54) is 43.1 Å². The number of hydrogen-bond acceptors (Lipinski definition) is 9. The first-order valence-electron chi connectivity index (χ1n) is 16.3. The van der Waals surface area contributed by atoms with Crippen LogP contribution in [-0.4, -0.2) is 35.9 Å². The molecule has 2 N–H and O–H groups in total. The van der Waals surface area contributed by atoms with E-state index in [1.54, 1.807) is 24.3 Å². The van der Waals surface area contributed by atoms with Gasteiger partial charge in [0.25, 0.3) is 0 Å². The van der Waals surface area contributed by atoms with Gasteiger partial charge in [0.15, 0.2) is 5.82 Å². The van der Waals surface area contributed by atoms with Crippen LogP contribution < -0.4 is 15.5 Å². The largest absolute Gasteiger partial charge is 0.370 e. The van der Waals surface area contributed by atoms with Crippen molar-refractivity contribution in [1.29, 1.82) is 21.0 Å². The number of azo groups is 1. The molecule has 4 rings (SSSR count). The molecular formula is C37H36ClN11O. The number of urea groups is 1. The van der Waals surface area contributed by atoms with Gasteiger partial charge in [-0.15, -0.1) is 10.2 Å². The number of anilines is 2. The Labute approximate surface area is 296 Å². The van der Waals surface area contributed by atoms with Crippen molar-refractivity contribution >= 4 is 40.5 Å². The molecule has 0 saturated heterocycles. The third-order valence-electron chi connectivity index (χ3n) is 7.92. The van der Waals surface area contributed by atoms with Crippen LogP contribution in [0.2, 0.25) is 5.02 Å². The molecule has 0 aliphatic rings. The summed E-state index contributed by atoms with van der Waals surface area (Å²) in [6.07, 6.45) is 7.13. The van der Waals surface area contributed by atoms with Gasteiger partial charge >= 0.3 is 6.03 Å². The minimum atomic E-state index is -0.472. The highest BCUT2D eigenvalue weighted by Crippen LogP contribution is 2.38. The Hall–Kier alpha value is -6.21. The smallest absolute Gasteiger partial charge is 0.319 e. The number of benzene rings is 3. The summed E-state index contributed by atoms with van der Waals surface area (Å²) in [5.74, 6) is 0.0236. The molecule has 3 aromatic carbocycles. The molecule has 0 aliphatic carbocycles. The van der Waals surface area contributed by atoms with E-state index >= 15 is 0 Å². The van der Waals surface area contributed by atoms with Crippen molar-refractivity contribution in [2.45, 2.75) is 51.9 Å². The number of amides is 2.